The van der Waals surface area contributed by atoms with Gasteiger partial charge in [-0.25, -0.2) is 8.78 Å². The first-order valence-electron chi connectivity index (χ1n) is 12.7. The molecule has 0 fully saturated rings. The zero-order valence-electron chi connectivity index (χ0n) is 22.0. The molecule has 1 aliphatic rings. The smallest absolute Gasteiger partial charge is 0.282 e. The van der Waals surface area contributed by atoms with Gasteiger partial charge in [0, 0.05) is 18.3 Å². The molecule has 1 unspecified atom stereocenters. The van der Waals surface area contributed by atoms with E-state index in [1.807, 2.05) is 91.5 Å². The predicted octanol–water partition coefficient (Wildman–Crippen LogP) is 5.54. The highest BCUT2D eigenvalue weighted by Gasteiger charge is 2.52. The molecular weight excluding hydrogens is 470 g/mol. The fourth-order valence-corrected chi connectivity index (χ4v) is 10.2. The summed E-state index contributed by atoms with van der Waals surface area (Å²) in [6.45, 7) is 9.89. The fraction of sp³-hybridized carbons (Fsp3) is 0.400. The Hall–Kier alpha value is -2.54. The quantitative estimate of drug-likeness (QED) is 0.337. The summed E-state index contributed by atoms with van der Waals surface area (Å²) in [5, 5.41) is 1.67. The molecule has 36 heavy (non-hydrogen) atoms. The number of nitrogen functional groups attached to an aromatic ring is 1. The number of halogens is 2. The second-order valence-electron chi connectivity index (χ2n) is 11.2. The average Bonchev–Trinajstić information content (AvgIpc) is 2.83. The van der Waals surface area contributed by atoms with Crippen molar-refractivity contribution in [2.75, 3.05) is 18.9 Å². The second kappa shape index (κ2) is 10.1. The van der Waals surface area contributed by atoms with E-state index in [9.17, 15) is 0 Å². The van der Waals surface area contributed by atoms with Crippen LogP contribution < -0.4 is 16.1 Å². The highest BCUT2D eigenvalue weighted by Crippen LogP contribution is 2.38. The van der Waals surface area contributed by atoms with Crippen molar-refractivity contribution in [3.8, 4) is 0 Å². The van der Waals surface area contributed by atoms with Crippen LogP contribution in [0.4, 0.5) is 14.5 Å². The maximum absolute atomic E-state index is 15.7. The van der Waals surface area contributed by atoms with Gasteiger partial charge in [-0.3, -0.25) is 4.90 Å². The summed E-state index contributed by atoms with van der Waals surface area (Å²) in [4.78, 5) is 1.88. The third kappa shape index (κ3) is 5.12. The number of anilines is 1. The fourth-order valence-electron chi connectivity index (χ4n) is 5.59. The first-order valence-corrected chi connectivity index (χ1v) is 14.6. The summed E-state index contributed by atoms with van der Waals surface area (Å²) >= 11 is 0. The van der Waals surface area contributed by atoms with Crippen LogP contribution in [0.2, 0.25) is 5.04 Å². The van der Waals surface area contributed by atoms with E-state index in [-0.39, 0.29) is 17.6 Å². The number of nitrogens with two attached hydrogens (primary N) is 1. The Bertz CT molecular complexity index is 1140. The largest absolute Gasteiger partial charge is 0.401 e. The van der Waals surface area contributed by atoms with Crippen molar-refractivity contribution in [2.24, 2.45) is 0 Å². The first kappa shape index (κ1) is 26.5. The van der Waals surface area contributed by atoms with Crippen molar-refractivity contribution in [2.45, 2.75) is 64.6 Å². The first-order chi connectivity index (χ1) is 16.9. The molecule has 3 aromatic carbocycles. The van der Waals surface area contributed by atoms with Crippen LogP contribution in [-0.2, 0) is 17.4 Å². The van der Waals surface area contributed by atoms with Gasteiger partial charge in [0.25, 0.3) is 14.2 Å². The maximum atomic E-state index is 15.7. The van der Waals surface area contributed by atoms with Crippen LogP contribution in [0.1, 0.15) is 44.4 Å². The molecule has 1 atom stereocenters. The summed E-state index contributed by atoms with van der Waals surface area (Å²) in [7, 11) is -3.03. The van der Waals surface area contributed by atoms with Gasteiger partial charge in [-0.2, -0.15) is 0 Å². The minimum Gasteiger partial charge on any atom is -0.401 e. The van der Waals surface area contributed by atoms with Crippen molar-refractivity contribution in [1.29, 1.82) is 0 Å². The number of hydrogen-bond acceptors (Lipinski definition) is 3. The van der Waals surface area contributed by atoms with E-state index in [2.05, 4.69) is 20.8 Å². The van der Waals surface area contributed by atoms with Crippen molar-refractivity contribution < 1.29 is 13.2 Å². The molecule has 0 saturated carbocycles. The molecule has 1 aliphatic heterocycles. The van der Waals surface area contributed by atoms with Gasteiger partial charge in [-0.1, -0.05) is 87.5 Å². The SMILES string of the molecule is Cc1c(N)ccc2c1CC(C)N(CC(F)(F)CO[Si](c1ccccc1)(c1ccccc1)C(C)(C)C)C2. The highest BCUT2D eigenvalue weighted by molar-refractivity contribution is 6.99. The van der Waals surface area contributed by atoms with Gasteiger partial charge in [0.2, 0.25) is 0 Å². The highest BCUT2D eigenvalue weighted by atomic mass is 28.4. The standard InChI is InChI=1S/C30H38F2N2OSi/c1-22-18-27-23(2)28(33)17-16-24(27)19-34(22)20-30(31,32)21-35-36(29(3,4)5,25-12-8-6-9-13-25)26-14-10-7-11-15-26/h6-17,22H,18-21,33H2,1-5H3. The van der Waals surface area contributed by atoms with E-state index in [1.54, 1.807) is 0 Å². The third-order valence-electron chi connectivity index (χ3n) is 7.58. The van der Waals surface area contributed by atoms with E-state index >= 15 is 8.78 Å². The van der Waals surface area contributed by atoms with Crippen LogP contribution in [0.15, 0.2) is 72.8 Å². The number of hydrogen-bond donors (Lipinski definition) is 1. The van der Waals surface area contributed by atoms with Crippen LogP contribution in [0.3, 0.4) is 0 Å². The zero-order chi connectivity index (χ0) is 26.1. The Labute approximate surface area is 215 Å². The number of rotatable bonds is 7. The average molecular weight is 509 g/mol. The summed E-state index contributed by atoms with van der Waals surface area (Å²) in [5.74, 6) is -3.00. The van der Waals surface area contributed by atoms with E-state index in [1.165, 1.54) is 5.56 Å². The van der Waals surface area contributed by atoms with Crippen LogP contribution >= 0.6 is 0 Å². The lowest BCUT2D eigenvalue weighted by Crippen LogP contribution is -2.67. The minimum absolute atomic E-state index is 0.00302. The van der Waals surface area contributed by atoms with Crippen molar-refractivity contribution in [3.63, 3.8) is 0 Å². The van der Waals surface area contributed by atoms with Gasteiger partial charge >= 0.3 is 0 Å². The van der Waals surface area contributed by atoms with Crippen LogP contribution in [-0.4, -0.2) is 38.3 Å². The van der Waals surface area contributed by atoms with Crippen molar-refractivity contribution in [3.05, 3.63) is 89.5 Å². The van der Waals surface area contributed by atoms with E-state index in [4.69, 9.17) is 10.2 Å². The van der Waals surface area contributed by atoms with Gasteiger partial charge in [0.05, 0.1) is 13.2 Å². The van der Waals surface area contributed by atoms with Gasteiger partial charge in [-0.05, 0) is 58.4 Å². The summed E-state index contributed by atoms with van der Waals surface area (Å²) < 4.78 is 37.9. The Morgan fingerprint density at radius 2 is 1.50 bits per heavy atom. The lowest BCUT2D eigenvalue weighted by molar-refractivity contribution is -0.0772. The normalized spacial score (nSPS) is 17.1. The van der Waals surface area contributed by atoms with Crippen molar-refractivity contribution >= 4 is 24.4 Å². The molecule has 6 heteroatoms. The van der Waals surface area contributed by atoms with Gasteiger partial charge in [0.15, 0.2) is 0 Å². The van der Waals surface area contributed by atoms with Crippen LogP contribution in [0.25, 0.3) is 0 Å². The number of fused-ring (bicyclic) bond motifs is 1. The molecule has 3 nitrogen and oxygen atoms in total. The molecule has 0 saturated heterocycles. The molecule has 0 bridgehead atoms. The van der Waals surface area contributed by atoms with Gasteiger partial charge < -0.3 is 10.2 Å². The second-order valence-corrected chi connectivity index (χ2v) is 15.5. The van der Waals surface area contributed by atoms with E-state index in [0.717, 1.165) is 33.6 Å². The summed E-state index contributed by atoms with van der Waals surface area (Å²) in [6.07, 6.45) is 0.720. The molecule has 0 amide bonds. The summed E-state index contributed by atoms with van der Waals surface area (Å²) in [5.41, 5.74) is 10.2. The molecule has 0 aliphatic carbocycles. The Kier molecular flexibility index (Phi) is 7.42. The van der Waals surface area contributed by atoms with Crippen LogP contribution in [0, 0.1) is 6.92 Å². The molecule has 1 heterocycles. The van der Waals surface area contributed by atoms with E-state index < -0.39 is 20.8 Å². The maximum Gasteiger partial charge on any atom is 0.282 e. The molecule has 0 aromatic heterocycles. The number of alkyl halides is 2. The monoisotopic (exact) mass is 508 g/mol. The molecule has 4 rings (SSSR count). The minimum atomic E-state index is -3.03. The zero-order valence-corrected chi connectivity index (χ0v) is 23.0. The van der Waals surface area contributed by atoms with Gasteiger partial charge in [-0.15, -0.1) is 0 Å². The molecule has 0 spiro atoms. The molecule has 2 N–H and O–H groups in total. The summed E-state index contributed by atoms with van der Waals surface area (Å²) in [6, 6.07) is 23.7. The predicted molar refractivity (Wildman–Crippen MR) is 148 cm³/mol. The Morgan fingerprint density at radius 1 is 0.944 bits per heavy atom. The van der Waals surface area contributed by atoms with E-state index in [0.29, 0.717) is 6.54 Å². The third-order valence-corrected chi connectivity index (χ3v) is 12.6. The molecular formula is C30H38F2N2OSi. The van der Waals surface area contributed by atoms with Crippen LogP contribution in [0.5, 0.6) is 0 Å². The Balaban J connectivity index is 1.61. The van der Waals surface area contributed by atoms with Crippen molar-refractivity contribution in [1.82, 2.24) is 4.90 Å². The topological polar surface area (TPSA) is 38.5 Å². The number of nitrogens with zero attached hydrogens (tertiary/aromatic N) is 1. The molecule has 192 valence electrons. The van der Waals surface area contributed by atoms with Gasteiger partial charge in [0.1, 0.15) is 0 Å². The molecule has 0 radical (unpaired) electrons. The lowest BCUT2D eigenvalue weighted by Gasteiger charge is -2.44. The molecule has 3 aromatic rings. The number of benzene rings is 3. The lowest BCUT2D eigenvalue weighted by atomic mass is 9.90. The Morgan fingerprint density at radius 3 is 2.03 bits per heavy atom.